The first-order valence-corrected chi connectivity index (χ1v) is 10.5. The van der Waals surface area contributed by atoms with Crippen LogP contribution in [0.15, 0.2) is 48.5 Å². The van der Waals surface area contributed by atoms with Gasteiger partial charge in [0.25, 0.3) is 0 Å². The predicted molar refractivity (Wildman–Crippen MR) is 113 cm³/mol. The Balaban J connectivity index is 1.44. The summed E-state index contributed by atoms with van der Waals surface area (Å²) in [4.78, 5) is 5.36. The summed E-state index contributed by atoms with van der Waals surface area (Å²) >= 11 is 0. The maximum atomic E-state index is 5.77. The molecule has 3 aliphatic rings. The smallest absolute Gasteiger partial charge is 0.161 e. The van der Waals surface area contributed by atoms with Crippen LogP contribution < -0.4 is 9.47 Å². The first-order valence-electron chi connectivity index (χ1n) is 10.5. The molecule has 3 fully saturated rings. The number of rotatable bonds is 7. The molecular formula is C24H32N2O2. The Morgan fingerprint density at radius 3 is 2.54 bits per heavy atom. The molecule has 0 radical (unpaired) electrons. The van der Waals surface area contributed by atoms with Crippen molar-refractivity contribution in [1.82, 2.24) is 9.80 Å². The number of hydrogen-bond acceptors (Lipinski definition) is 4. The van der Waals surface area contributed by atoms with E-state index in [9.17, 15) is 0 Å². The van der Waals surface area contributed by atoms with E-state index in [4.69, 9.17) is 9.47 Å². The van der Waals surface area contributed by atoms with Gasteiger partial charge in [-0.25, -0.2) is 0 Å². The third-order valence-electron chi connectivity index (χ3n) is 6.07. The molecule has 4 heteroatoms. The third kappa shape index (κ3) is 4.50. The van der Waals surface area contributed by atoms with Crippen LogP contribution in [0.3, 0.4) is 0 Å². The van der Waals surface area contributed by atoms with Crippen LogP contribution in [-0.4, -0.2) is 49.2 Å². The Morgan fingerprint density at radius 1 is 0.893 bits per heavy atom. The van der Waals surface area contributed by atoms with Gasteiger partial charge in [-0.2, -0.15) is 0 Å². The lowest BCUT2D eigenvalue weighted by Gasteiger charge is -2.36. The van der Waals surface area contributed by atoms with Gasteiger partial charge in [-0.15, -0.1) is 0 Å². The van der Waals surface area contributed by atoms with Gasteiger partial charge in [0.1, 0.15) is 0 Å². The van der Waals surface area contributed by atoms with Crippen molar-refractivity contribution < 1.29 is 9.47 Å². The fourth-order valence-corrected chi connectivity index (χ4v) is 4.76. The van der Waals surface area contributed by atoms with Gasteiger partial charge in [0.15, 0.2) is 11.5 Å². The summed E-state index contributed by atoms with van der Waals surface area (Å²) in [5, 5.41) is 0. The lowest BCUT2D eigenvalue weighted by molar-refractivity contribution is 0.123. The monoisotopic (exact) mass is 380 g/mol. The maximum Gasteiger partial charge on any atom is 0.161 e. The zero-order chi connectivity index (χ0) is 19.3. The fourth-order valence-electron chi connectivity index (χ4n) is 4.76. The van der Waals surface area contributed by atoms with E-state index >= 15 is 0 Å². The minimum absolute atomic E-state index is 0.655. The fraction of sp³-hybridized carbons (Fsp3) is 0.500. The molecule has 2 aromatic carbocycles. The molecule has 2 bridgehead atoms. The quantitative estimate of drug-likeness (QED) is 0.719. The Morgan fingerprint density at radius 2 is 1.75 bits per heavy atom. The molecule has 0 saturated carbocycles. The van der Waals surface area contributed by atoms with Crippen LogP contribution in [0.5, 0.6) is 11.5 Å². The van der Waals surface area contributed by atoms with Gasteiger partial charge in [0.05, 0.1) is 13.7 Å². The molecule has 2 atom stereocenters. The van der Waals surface area contributed by atoms with E-state index < -0.39 is 0 Å². The van der Waals surface area contributed by atoms with Crippen molar-refractivity contribution in [2.45, 2.75) is 38.9 Å². The van der Waals surface area contributed by atoms with Crippen molar-refractivity contribution >= 4 is 0 Å². The van der Waals surface area contributed by atoms with Crippen LogP contribution in [-0.2, 0) is 13.1 Å². The zero-order valence-electron chi connectivity index (χ0n) is 17.1. The van der Waals surface area contributed by atoms with Crippen LogP contribution in [0.1, 0.15) is 30.9 Å². The molecule has 28 heavy (non-hydrogen) atoms. The molecule has 3 heterocycles. The summed E-state index contributed by atoms with van der Waals surface area (Å²) in [7, 11) is 1.70. The first kappa shape index (κ1) is 19.3. The molecule has 0 unspecified atom stereocenters. The normalized spacial score (nSPS) is 22.8. The van der Waals surface area contributed by atoms with Gasteiger partial charge in [0, 0.05) is 38.8 Å². The van der Waals surface area contributed by atoms with Gasteiger partial charge < -0.3 is 9.47 Å². The zero-order valence-corrected chi connectivity index (χ0v) is 17.1. The molecule has 0 aliphatic carbocycles. The Bertz CT molecular complexity index is 764. The van der Waals surface area contributed by atoms with E-state index in [0.29, 0.717) is 12.6 Å². The lowest BCUT2D eigenvalue weighted by Crippen LogP contribution is -2.43. The topological polar surface area (TPSA) is 24.9 Å². The molecule has 5 rings (SSSR count). The highest BCUT2D eigenvalue weighted by atomic mass is 16.5. The number of piperidine rings is 1. The molecule has 0 spiro atoms. The molecule has 2 aromatic rings. The van der Waals surface area contributed by atoms with E-state index in [1.165, 1.54) is 37.1 Å². The average Bonchev–Trinajstić information content (AvgIpc) is 3.00. The number of ether oxygens (including phenoxy) is 2. The average molecular weight is 381 g/mol. The SMILES string of the molecule is CCOc1cc(CN2C[C@H]3CC[C@@H](C2)N(Cc2ccccc2)C3)ccc1OC. The molecule has 150 valence electrons. The van der Waals surface area contributed by atoms with Crippen molar-refractivity contribution in [1.29, 1.82) is 0 Å². The van der Waals surface area contributed by atoms with E-state index in [1.807, 2.05) is 13.0 Å². The molecule has 3 saturated heterocycles. The number of fused-ring (bicyclic) bond motifs is 4. The summed E-state index contributed by atoms with van der Waals surface area (Å²) in [6.07, 6.45) is 2.68. The highest BCUT2D eigenvalue weighted by molar-refractivity contribution is 5.43. The number of hydrogen-bond donors (Lipinski definition) is 0. The van der Waals surface area contributed by atoms with Crippen LogP contribution >= 0.6 is 0 Å². The summed E-state index contributed by atoms with van der Waals surface area (Å²) in [5.74, 6) is 2.44. The standard InChI is InChI=1S/C24H32N2O2/c1-3-28-24-13-20(10-12-23(24)27-2)14-25-15-21-9-11-22(18-25)26(17-21)16-19-7-5-4-6-8-19/h4-8,10,12-13,21-22H,3,9,11,14-18H2,1-2H3/t21-,22+/m1/s1. The van der Waals surface area contributed by atoms with E-state index in [1.54, 1.807) is 7.11 Å². The molecule has 3 aliphatic heterocycles. The molecular weight excluding hydrogens is 348 g/mol. The van der Waals surface area contributed by atoms with Crippen molar-refractivity contribution in [3.8, 4) is 11.5 Å². The second kappa shape index (κ2) is 8.97. The van der Waals surface area contributed by atoms with Gasteiger partial charge in [-0.05, 0) is 48.9 Å². The van der Waals surface area contributed by atoms with Crippen molar-refractivity contribution in [2.24, 2.45) is 5.92 Å². The summed E-state index contributed by atoms with van der Waals surface area (Å²) in [5.41, 5.74) is 2.73. The number of nitrogens with zero attached hydrogens (tertiary/aromatic N) is 2. The second-order valence-electron chi connectivity index (χ2n) is 8.12. The van der Waals surface area contributed by atoms with Crippen LogP contribution in [0.25, 0.3) is 0 Å². The van der Waals surface area contributed by atoms with E-state index in [-0.39, 0.29) is 0 Å². The molecule has 0 amide bonds. The van der Waals surface area contributed by atoms with Gasteiger partial charge in [-0.3, -0.25) is 9.80 Å². The van der Waals surface area contributed by atoms with Gasteiger partial charge in [0.2, 0.25) is 0 Å². The minimum atomic E-state index is 0.655. The van der Waals surface area contributed by atoms with Crippen LogP contribution in [0.2, 0.25) is 0 Å². The minimum Gasteiger partial charge on any atom is -0.493 e. The van der Waals surface area contributed by atoms with Crippen molar-refractivity contribution in [3.63, 3.8) is 0 Å². The summed E-state index contributed by atoms with van der Waals surface area (Å²) in [6.45, 7) is 8.30. The number of methoxy groups -OCH3 is 1. The largest absolute Gasteiger partial charge is 0.493 e. The highest BCUT2D eigenvalue weighted by Crippen LogP contribution is 2.32. The van der Waals surface area contributed by atoms with Gasteiger partial charge >= 0.3 is 0 Å². The maximum absolute atomic E-state index is 5.77. The van der Waals surface area contributed by atoms with Crippen molar-refractivity contribution in [2.75, 3.05) is 33.4 Å². The molecule has 0 aromatic heterocycles. The Labute approximate surface area is 169 Å². The Hall–Kier alpha value is -2.04. The van der Waals surface area contributed by atoms with Crippen LogP contribution in [0, 0.1) is 5.92 Å². The summed E-state index contributed by atoms with van der Waals surface area (Å²) < 4.78 is 11.2. The lowest BCUT2D eigenvalue weighted by atomic mass is 9.94. The third-order valence-corrected chi connectivity index (χ3v) is 6.07. The second-order valence-corrected chi connectivity index (χ2v) is 8.12. The van der Waals surface area contributed by atoms with E-state index in [0.717, 1.165) is 37.1 Å². The van der Waals surface area contributed by atoms with Gasteiger partial charge in [-0.1, -0.05) is 36.4 Å². The highest BCUT2D eigenvalue weighted by Gasteiger charge is 2.34. The molecule has 4 nitrogen and oxygen atoms in total. The van der Waals surface area contributed by atoms with E-state index in [2.05, 4.69) is 52.3 Å². The first-order chi connectivity index (χ1) is 13.7. The van der Waals surface area contributed by atoms with Crippen LogP contribution in [0.4, 0.5) is 0 Å². The Kier molecular flexibility index (Phi) is 6.18. The number of benzene rings is 2. The predicted octanol–water partition coefficient (Wildman–Crippen LogP) is 4.19. The van der Waals surface area contributed by atoms with Crippen molar-refractivity contribution in [3.05, 3.63) is 59.7 Å². The summed E-state index contributed by atoms with van der Waals surface area (Å²) in [6, 6.07) is 17.9. The molecule has 0 N–H and O–H groups in total.